The summed E-state index contributed by atoms with van der Waals surface area (Å²) in [5.74, 6) is 0.541. The van der Waals surface area contributed by atoms with Crippen molar-refractivity contribution in [3.63, 3.8) is 0 Å². The van der Waals surface area contributed by atoms with Crippen molar-refractivity contribution in [2.45, 2.75) is 11.6 Å². The molecule has 7 heteroatoms. The third kappa shape index (κ3) is 2.76. The summed E-state index contributed by atoms with van der Waals surface area (Å²) in [6.45, 7) is 0.540. The molecule has 2 heterocycles. The molecule has 3 aromatic rings. The van der Waals surface area contributed by atoms with Crippen LogP contribution in [0.4, 0.5) is 5.82 Å². The standard InChI is InChI=1S/C16H13N5OS/c1-23-16-13(7-17)15(18-8-11-5-3-2-4-6-11)21-14(20-16)12(10-22)9-19-21/h2-6,9-10,18H,8H2,1H3. The smallest absolute Gasteiger partial charge is 0.169 e. The largest absolute Gasteiger partial charge is 0.365 e. The Morgan fingerprint density at radius 2 is 2.17 bits per heavy atom. The highest BCUT2D eigenvalue weighted by Gasteiger charge is 2.17. The minimum Gasteiger partial charge on any atom is -0.365 e. The molecule has 0 saturated heterocycles. The van der Waals surface area contributed by atoms with Crippen LogP contribution in [0.25, 0.3) is 5.65 Å². The van der Waals surface area contributed by atoms with Gasteiger partial charge in [-0.05, 0) is 11.8 Å². The third-order valence-corrected chi connectivity index (χ3v) is 4.06. The predicted octanol–water partition coefficient (Wildman–Crippen LogP) is 2.75. The zero-order chi connectivity index (χ0) is 16.2. The van der Waals surface area contributed by atoms with Crippen LogP contribution in [-0.2, 0) is 6.54 Å². The van der Waals surface area contributed by atoms with Crippen LogP contribution < -0.4 is 5.32 Å². The van der Waals surface area contributed by atoms with Crippen molar-refractivity contribution in [1.29, 1.82) is 5.26 Å². The average molecular weight is 323 g/mol. The molecule has 0 aliphatic heterocycles. The lowest BCUT2D eigenvalue weighted by atomic mass is 10.2. The van der Waals surface area contributed by atoms with E-state index in [4.69, 9.17) is 0 Å². The molecular weight excluding hydrogens is 310 g/mol. The van der Waals surface area contributed by atoms with Crippen molar-refractivity contribution in [1.82, 2.24) is 14.6 Å². The van der Waals surface area contributed by atoms with E-state index >= 15 is 0 Å². The summed E-state index contributed by atoms with van der Waals surface area (Å²) in [5.41, 5.74) is 2.34. The lowest BCUT2D eigenvalue weighted by Gasteiger charge is -2.12. The number of anilines is 1. The summed E-state index contributed by atoms with van der Waals surface area (Å²) >= 11 is 1.36. The second kappa shape index (κ2) is 6.50. The number of nitrogens with one attached hydrogen (secondary N) is 1. The first kappa shape index (κ1) is 15.1. The summed E-state index contributed by atoms with van der Waals surface area (Å²) in [5, 5.41) is 17.5. The number of benzene rings is 1. The van der Waals surface area contributed by atoms with Gasteiger partial charge in [0.2, 0.25) is 0 Å². The van der Waals surface area contributed by atoms with Gasteiger partial charge in [0.25, 0.3) is 0 Å². The number of thioether (sulfide) groups is 1. The lowest BCUT2D eigenvalue weighted by molar-refractivity contribution is 0.112. The van der Waals surface area contributed by atoms with Crippen molar-refractivity contribution >= 4 is 29.5 Å². The average Bonchev–Trinajstić information content (AvgIpc) is 3.02. The molecule has 0 fully saturated rings. The Morgan fingerprint density at radius 1 is 1.39 bits per heavy atom. The Kier molecular flexibility index (Phi) is 4.26. The van der Waals surface area contributed by atoms with Crippen LogP contribution in [0.15, 0.2) is 41.6 Å². The van der Waals surface area contributed by atoms with E-state index in [2.05, 4.69) is 21.5 Å². The zero-order valence-electron chi connectivity index (χ0n) is 12.4. The van der Waals surface area contributed by atoms with Gasteiger partial charge in [0.05, 0.1) is 11.8 Å². The number of carbonyl (C=O) groups is 1. The van der Waals surface area contributed by atoms with Crippen LogP contribution in [-0.4, -0.2) is 27.1 Å². The number of aromatic nitrogens is 3. The summed E-state index contributed by atoms with van der Waals surface area (Å²) in [4.78, 5) is 15.5. The molecule has 0 radical (unpaired) electrons. The first-order chi connectivity index (χ1) is 11.3. The summed E-state index contributed by atoms with van der Waals surface area (Å²) in [7, 11) is 0. The molecule has 0 unspecified atom stereocenters. The molecule has 114 valence electrons. The van der Waals surface area contributed by atoms with Gasteiger partial charge in [-0.25, -0.2) is 4.98 Å². The summed E-state index contributed by atoms with van der Waals surface area (Å²) in [6, 6.07) is 12.0. The normalized spacial score (nSPS) is 10.4. The molecule has 0 spiro atoms. The SMILES string of the molecule is CSc1nc2c(C=O)cnn2c(NCc2ccccc2)c1C#N. The molecule has 0 saturated carbocycles. The van der Waals surface area contributed by atoms with Gasteiger partial charge in [0.15, 0.2) is 17.8 Å². The van der Waals surface area contributed by atoms with Gasteiger partial charge < -0.3 is 5.32 Å². The predicted molar refractivity (Wildman–Crippen MR) is 88.6 cm³/mol. The molecule has 1 N–H and O–H groups in total. The molecule has 0 atom stereocenters. The number of carbonyl (C=O) groups excluding carboxylic acids is 1. The number of fused-ring (bicyclic) bond motifs is 1. The summed E-state index contributed by atoms with van der Waals surface area (Å²) < 4.78 is 1.50. The van der Waals surface area contributed by atoms with Crippen LogP contribution in [0.2, 0.25) is 0 Å². The number of nitriles is 1. The quantitative estimate of drug-likeness (QED) is 0.441. The molecule has 2 aromatic heterocycles. The van der Waals surface area contributed by atoms with E-state index in [9.17, 15) is 10.1 Å². The molecule has 23 heavy (non-hydrogen) atoms. The van der Waals surface area contributed by atoms with Crippen LogP contribution in [0.5, 0.6) is 0 Å². The van der Waals surface area contributed by atoms with Gasteiger partial charge in [0, 0.05) is 6.54 Å². The maximum absolute atomic E-state index is 11.1. The molecule has 3 rings (SSSR count). The number of aldehydes is 1. The first-order valence-corrected chi connectivity index (χ1v) is 8.09. The van der Waals surface area contributed by atoms with Gasteiger partial charge >= 0.3 is 0 Å². The molecule has 6 nitrogen and oxygen atoms in total. The van der Waals surface area contributed by atoms with E-state index in [1.807, 2.05) is 36.6 Å². The van der Waals surface area contributed by atoms with Gasteiger partial charge in [-0.15, -0.1) is 11.8 Å². The number of hydrogen-bond donors (Lipinski definition) is 1. The van der Waals surface area contributed by atoms with Crippen LogP contribution in [0, 0.1) is 11.3 Å². The van der Waals surface area contributed by atoms with Crippen molar-refractivity contribution in [2.24, 2.45) is 0 Å². The highest BCUT2D eigenvalue weighted by atomic mass is 32.2. The monoisotopic (exact) mass is 323 g/mol. The Labute approximate surface area is 137 Å². The topological polar surface area (TPSA) is 83.1 Å². The summed E-state index contributed by atoms with van der Waals surface area (Å²) in [6.07, 6.45) is 4.01. The van der Waals surface area contributed by atoms with E-state index in [1.165, 1.54) is 22.5 Å². The zero-order valence-corrected chi connectivity index (χ0v) is 13.2. The second-order valence-corrected chi connectivity index (χ2v) is 5.54. The highest BCUT2D eigenvalue weighted by Crippen LogP contribution is 2.27. The van der Waals surface area contributed by atoms with E-state index in [0.717, 1.165) is 5.56 Å². The molecule has 0 aliphatic rings. The van der Waals surface area contributed by atoms with Crippen molar-refractivity contribution < 1.29 is 4.79 Å². The molecular formula is C16H13N5OS. The van der Waals surface area contributed by atoms with Crippen molar-refractivity contribution in [2.75, 3.05) is 11.6 Å². The van der Waals surface area contributed by atoms with E-state index in [0.29, 0.717) is 40.4 Å². The van der Waals surface area contributed by atoms with E-state index < -0.39 is 0 Å². The maximum Gasteiger partial charge on any atom is 0.169 e. The number of hydrogen-bond acceptors (Lipinski definition) is 6. The Balaban J connectivity index is 2.11. The number of rotatable bonds is 5. The fourth-order valence-electron chi connectivity index (χ4n) is 2.27. The minimum absolute atomic E-state index is 0.396. The fraction of sp³-hybridized carbons (Fsp3) is 0.125. The van der Waals surface area contributed by atoms with Gasteiger partial charge in [0.1, 0.15) is 16.7 Å². The Hall–Kier alpha value is -2.85. The maximum atomic E-state index is 11.1. The molecule has 1 aromatic carbocycles. The lowest BCUT2D eigenvalue weighted by Crippen LogP contribution is -2.10. The second-order valence-electron chi connectivity index (χ2n) is 4.75. The minimum atomic E-state index is 0.396. The van der Waals surface area contributed by atoms with E-state index in [1.54, 1.807) is 0 Å². The van der Waals surface area contributed by atoms with Crippen molar-refractivity contribution in [3.8, 4) is 6.07 Å². The van der Waals surface area contributed by atoms with Crippen molar-refractivity contribution in [3.05, 3.63) is 53.2 Å². The Morgan fingerprint density at radius 3 is 2.83 bits per heavy atom. The Bertz CT molecular complexity index is 898. The number of nitrogens with zero attached hydrogens (tertiary/aromatic N) is 4. The highest BCUT2D eigenvalue weighted by molar-refractivity contribution is 7.98. The van der Waals surface area contributed by atoms with Crippen LogP contribution in [0.3, 0.4) is 0 Å². The van der Waals surface area contributed by atoms with E-state index in [-0.39, 0.29) is 0 Å². The van der Waals surface area contributed by atoms with Crippen LogP contribution >= 0.6 is 11.8 Å². The van der Waals surface area contributed by atoms with Gasteiger partial charge in [-0.3, -0.25) is 4.79 Å². The van der Waals surface area contributed by atoms with Crippen LogP contribution in [0.1, 0.15) is 21.5 Å². The van der Waals surface area contributed by atoms with Gasteiger partial charge in [-0.2, -0.15) is 14.9 Å². The third-order valence-electron chi connectivity index (χ3n) is 3.38. The van der Waals surface area contributed by atoms with Gasteiger partial charge in [-0.1, -0.05) is 30.3 Å². The first-order valence-electron chi connectivity index (χ1n) is 6.87. The molecule has 0 aliphatic carbocycles. The molecule has 0 bridgehead atoms. The fourth-order valence-corrected chi connectivity index (χ4v) is 2.79. The molecule has 0 amide bonds.